The second-order valence-electron chi connectivity index (χ2n) is 5.58. The highest BCUT2D eigenvalue weighted by Crippen LogP contribution is 2.74. The van der Waals surface area contributed by atoms with E-state index in [4.69, 9.17) is 10.00 Å². The molecule has 0 aromatic heterocycles. The van der Waals surface area contributed by atoms with Crippen LogP contribution in [0.2, 0.25) is 0 Å². The van der Waals surface area contributed by atoms with Crippen LogP contribution in [0.25, 0.3) is 0 Å². The first kappa shape index (κ1) is 12.6. The average molecular weight is 243 g/mol. The van der Waals surface area contributed by atoms with Crippen molar-refractivity contribution in [1.82, 2.24) is 0 Å². The first-order chi connectivity index (χ1) is 8.39. The SMILES string of the molecule is COC(=O)[C@]1(C)[C@@H](c2ccc(C#N)cc2)C1(C)C. The summed E-state index contributed by atoms with van der Waals surface area (Å²) >= 11 is 0. The van der Waals surface area contributed by atoms with E-state index in [0.29, 0.717) is 5.56 Å². The van der Waals surface area contributed by atoms with Gasteiger partial charge in [-0.05, 0) is 30.0 Å². The number of rotatable bonds is 2. The predicted molar refractivity (Wildman–Crippen MR) is 67.8 cm³/mol. The van der Waals surface area contributed by atoms with Crippen molar-refractivity contribution in [3.63, 3.8) is 0 Å². The Kier molecular flexibility index (Phi) is 2.70. The summed E-state index contributed by atoms with van der Waals surface area (Å²) in [6.45, 7) is 6.10. The number of nitriles is 1. The Balaban J connectivity index is 2.35. The van der Waals surface area contributed by atoms with Gasteiger partial charge in [-0.25, -0.2) is 0 Å². The number of carbonyl (C=O) groups is 1. The van der Waals surface area contributed by atoms with Crippen LogP contribution in [0.1, 0.15) is 37.8 Å². The van der Waals surface area contributed by atoms with Crippen LogP contribution in [-0.4, -0.2) is 13.1 Å². The molecule has 3 nitrogen and oxygen atoms in total. The second kappa shape index (κ2) is 3.84. The van der Waals surface area contributed by atoms with E-state index in [2.05, 4.69) is 19.9 Å². The Morgan fingerprint density at radius 3 is 2.28 bits per heavy atom. The molecule has 1 aliphatic carbocycles. The van der Waals surface area contributed by atoms with Gasteiger partial charge in [0.25, 0.3) is 0 Å². The molecule has 0 spiro atoms. The molecule has 0 bridgehead atoms. The Bertz CT molecular complexity index is 524. The van der Waals surface area contributed by atoms with Crippen LogP contribution < -0.4 is 0 Å². The Hall–Kier alpha value is -1.82. The maximum Gasteiger partial charge on any atom is 0.312 e. The lowest BCUT2D eigenvalue weighted by Crippen LogP contribution is -2.19. The monoisotopic (exact) mass is 243 g/mol. The molecule has 0 aliphatic heterocycles. The van der Waals surface area contributed by atoms with E-state index < -0.39 is 5.41 Å². The third-order valence-electron chi connectivity index (χ3n) is 4.54. The summed E-state index contributed by atoms with van der Waals surface area (Å²) in [4.78, 5) is 11.9. The molecule has 1 aromatic rings. The van der Waals surface area contributed by atoms with Gasteiger partial charge in [-0.2, -0.15) is 5.26 Å². The summed E-state index contributed by atoms with van der Waals surface area (Å²) in [6.07, 6.45) is 0. The van der Waals surface area contributed by atoms with E-state index >= 15 is 0 Å². The van der Waals surface area contributed by atoms with Gasteiger partial charge in [0.05, 0.1) is 24.2 Å². The van der Waals surface area contributed by atoms with Crippen molar-refractivity contribution >= 4 is 5.97 Å². The van der Waals surface area contributed by atoms with Crippen LogP contribution in [0.4, 0.5) is 0 Å². The van der Waals surface area contributed by atoms with E-state index in [9.17, 15) is 4.79 Å². The molecule has 18 heavy (non-hydrogen) atoms. The minimum Gasteiger partial charge on any atom is -0.469 e. The van der Waals surface area contributed by atoms with Crippen molar-refractivity contribution in [1.29, 1.82) is 5.26 Å². The highest BCUT2D eigenvalue weighted by Gasteiger charge is 2.73. The van der Waals surface area contributed by atoms with E-state index in [0.717, 1.165) is 5.56 Å². The molecule has 1 aromatic carbocycles. The van der Waals surface area contributed by atoms with Gasteiger partial charge < -0.3 is 4.74 Å². The molecule has 2 rings (SSSR count). The molecule has 0 unspecified atom stereocenters. The number of hydrogen-bond acceptors (Lipinski definition) is 3. The third kappa shape index (κ3) is 1.45. The zero-order chi connectivity index (χ0) is 13.6. The number of ether oxygens (including phenoxy) is 1. The summed E-state index contributed by atoms with van der Waals surface area (Å²) < 4.78 is 4.92. The summed E-state index contributed by atoms with van der Waals surface area (Å²) in [5, 5.41) is 8.79. The van der Waals surface area contributed by atoms with Gasteiger partial charge in [-0.3, -0.25) is 4.79 Å². The molecule has 0 N–H and O–H groups in total. The Labute approximate surface area is 107 Å². The highest BCUT2D eigenvalue weighted by atomic mass is 16.5. The summed E-state index contributed by atoms with van der Waals surface area (Å²) in [6, 6.07) is 9.54. The van der Waals surface area contributed by atoms with E-state index in [1.165, 1.54) is 7.11 Å². The molecule has 1 aliphatic rings. The van der Waals surface area contributed by atoms with Crippen molar-refractivity contribution in [2.24, 2.45) is 10.8 Å². The zero-order valence-corrected chi connectivity index (χ0v) is 11.2. The van der Waals surface area contributed by atoms with Gasteiger partial charge in [-0.1, -0.05) is 26.0 Å². The first-order valence-corrected chi connectivity index (χ1v) is 5.98. The topological polar surface area (TPSA) is 50.1 Å². The van der Waals surface area contributed by atoms with Gasteiger partial charge >= 0.3 is 5.97 Å². The van der Waals surface area contributed by atoms with Crippen LogP contribution >= 0.6 is 0 Å². The fourth-order valence-electron chi connectivity index (χ4n) is 3.07. The normalized spacial score (nSPS) is 28.3. The molecule has 3 heteroatoms. The molecule has 1 saturated carbocycles. The number of nitrogens with zero attached hydrogens (tertiary/aromatic N) is 1. The van der Waals surface area contributed by atoms with Crippen LogP contribution in [0.5, 0.6) is 0 Å². The summed E-state index contributed by atoms with van der Waals surface area (Å²) in [7, 11) is 1.43. The molecule has 0 heterocycles. The van der Waals surface area contributed by atoms with Crippen LogP contribution in [0.3, 0.4) is 0 Å². The van der Waals surface area contributed by atoms with Gasteiger partial charge in [0.1, 0.15) is 0 Å². The molecule has 0 amide bonds. The predicted octanol–water partition coefficient (Wildman–Crippen LogP) is 2.86. The minimum atomic E-state index is -0.476. The number of esters is 1. The van der Waals surface area contributed by atoms with Gasteiger partial charge in [-0.15, -0.1) is 0 Å². The number of hydrogen-bond donors (Lipinski definition) is 0. The largest absolute Gasteiger partial charge is 0.469 e. The average Bonchev–Trinajstić information content (AvgIpc) is 2.83. The number of methoxy groups -OCH3 is 1. The fourth-order valence-corrected chi connectivity index (χ4v) is 3.07. The Morgan fingerprint density at radius 2 is 1.83 bits per heavy atom. The molecular weight excluding hydrogens is 226 g/mol. The lowest BCUT2D eigenvalue weighted by atomic mass is 9.98. The van der Waals surface area contributed by atoms with Gasteiger partial charge in [0.2, 0.25) is 0 Å². The van der Waals surface area contributed by atoms with E-state index in [-0.39, 0.29) is 17.3 Å². The standard InChI is InChI=1S/C15H17NO2/c1-14(2)12(15(14,3)13(17)18-4)11-7-5-10(9-16)6-8-11/h5-8,12H,1-4H3/t12-,15-/m0/s1. The molecule has 0 saturated heterocycles. The van der Waals surface area contributed by atoms with Crippen molar-refractivity contribution in [2.45, 2.75) is 26.7 Å². The zero-order valence-electron chi connectivity index (χ0n) is 11.2. The lowest BCUT2D eigenvalue weighted by Gasteiger charge is -2.10. The number of benzene rings is 1. The van der Waals surface area contributed by atoms with Crippen LogP contribution in [0.15, 0.2) is 24.3 Å². The second-order valence-corrected chi connectivity index (χ2v) is 5.58. The summed E-state index contributed by atoms with van der Waals surface area (Å²) in [5.74, 6) is -0.0212. The molecule has 1 fully saturated rings. The molecule has 2 atom stereocenters. The fraction of sp³-hybridized carbons (Fsp3) is 0.467. The minimum absolute atomic E-state index is 0.117. The van der Waals surface area contributed by atoms with Crippen molar-refractivity contribution in [2.75, 3.05) is 7.11 Å². The smallest absolute Gasteiger partial charge is 0.312 e. The number of carbonyl (C=O) groups excluding carboxylic acids is 1. The van der Waals surface area contributed by atoms with Crippen molar-refractivity contribution in [3.05, 3.63) is 35.4 Å². The van der Waals surface area contributed by atoms with E-state index in [1.807, 2.05) is 19.1 Å². The third-order valence-corrected chi connectivity index (χ3v) is 4.54. The Morgan fingerprint density at radius 1 is 1.28 bits per heavy atom. The quantitative estimate of drug-likeness (QED) is 0.750. The van der Waals surface area contributed by atoms with Crippen LogP contribution in [0, 0.1) is 22.2 Å². The van der Waals surface area contributed by atoms with Crippen molar-refractivity contribution in [3.8, 4) is 6.07 Å². The van der Waals surface area contributed by atoms with Gasteiger partial charge in [0, 0.05) is 5.92 Å². The first-order valence-electron chi connectivity index (χ1n) is 5.98. The van der Waals surface area contributed by atoms with Gasteiger partial charge in [0.15, 0.2) is 0 Å². The summed E-state index contributed by atoms with van der Waals surface area (Å²) in [5.41, 5.74) is 1.13. The van der Waals surface area contributed by atoms with Crippen molar-refractivity contribution < 1.29 is 9.53 Å². The molecular formula is C15H17NO2. The van der Waals surface area contributed by atoms with E-state index in [1.54, 1.807) is 12.1 Å². The molecule has 94 valence electrons. The molecule has 0 radical (unpaired) electrons. The lowest BCUT2D eigenvalue weighted by molar-refractivity contribution is -0.147. The van der Waals surface area contributed by atoms with Crippen LogP contribution in [-0.2, 0) is 9.53 Å². The highest BCUT2D eigenvalue weighted by molar-refractivity contribution is 5.84. The maximum absolute atomic E-state index is 11.9. The maximum atomic E-state index is 11.9.